The Morgan fingerprint density at radius 3 is 1.36 bits per heavy atom. The summed E-state index contributed by atoms with van der Waals surface area (Å²) in [6, 6.07) is 2.35. The molecule has 0 aliphatic heterocycles. The smallest absolute Gasteiger partial charge is 0.191 e. The highest BCUT2D eigenvalue weighted by Gasteiger charge is 2.41. The molecule has 0 unspecified atom stereocenters. The Labute approximate surface area is 139 Å². The second kappa shape index (κ2) is 5.35. The van der Waals surface area contributed by atoms with Crippen LogP contribution in [0.5, 0.6) is 0 Å². The van der Waals surface area contributed by atoms with Crippen molar-refractivity contribution in [1.29, 1.82) is 0 Å². The van der Waals surface area contributed by atoms with Crippen molar-refractivity contribution in [3.05, 3.63) is 29.1 Å². The maximum atomic E-state index is 2.49. The molecule has 22 heavy (non-hydrogen) atoms. The summed E-state index contributed by atoms with van der Waals surface area (Å²) in [7, 11) is 0. The van der Waals surface area contributed by atoms with Gasteiger partial charge in [0.15, 0.2) is 17.4 Å². The lowest BCUT2D eigenvalue weighted by molar-refractivity contribution is -0.763. The predicted octanol–water partition coefficient (Wildman–Crippen LogP) is 5.62. The molecule has 0 saturated carbocycles. The zero-order valence-electron chi connectivity index (χ0n) is 17.1. The van der Waals surface area contributed by atoms with Crippen LogP contribution in [0.3, 0.4) is 0 Å². The number of pyridine rings is 1. The Morgan fingerprint density at radius 1 is 0.636 bits per heavy atom. The Bertz CT molecular complexity index is 486. The molecule has 1 aromatic heterocycles. The van der Waals surface area contributed by atoms with Crippen LogP contribution in [0.15, 0.2) is 12.3 Å². The van der Waals surface area contributed by atoms with E-state index < -0.39 is 0 Å². The van der Waals surface area contributed by atoms with Gasteiger partial charge < -0.3 is 0 Å². The second-order valence-electron chi connectivity index (χ2n) is 10.7. The topological polar surface area (TPSA) is 3.88 Å². The molecule has 0 saturated heterocycles. The highest BCUT2D eigenvalue weighted by molar-refractivity contribution is 5.40. The molecular formula is C21H38N+. The molecular weight excluding hydrogens is 266 g/mol. The first-order chi connectivity index (χ1) is 9.47. The lowest BCUT2D eigenvalue weighted by Crippen LogP contribution is -2.57. The molecule has 1 rings (SSSR count). The Balaban J connectivity index is 4.02. The van der Waals surface area contributed by atoms with Gasteiger partial charge in [-0.3, -0.25) is 0 Å². The van der Waals surface area contributed by atoms with Crippen LogP contribution in [-0.4, -0.2) is 0 Å². The Kier molecular flexibility index (Phi) is 4.67. The average molecular weight is 305 g/mol. The summed E-state index contributed by atoms with van der Waals surface area (Å²) in [5, 5.41) is 0. The van der Waals surface area contributed by atoms with Gasteiger partial charge in [0.05, 0.1) is 0 Å². The molecule has 0 bridgehead atoms. The maximum absolute atomic E-state index is 2.49. The fourth-order valence-corrected chi connectivity index (χ4v) is 3.23. The molecule has 1 heterocycles. The van der Waals surface area contributed by atoms with E-state index in [1.807, 2.05) is 0 Å². The van der Waals surface area contributed by atoms with Crippen molar-refractivity contribution in [3.63, 3.8) is 0 Å². The second-order valence-corrected chi connectivity index (χ2v) is 10.7. The minimum Gasteiger partial charge on any atom is -0.197 e. The van der Waals surface area contributed by atoms with Gasteiger partial charge in [-0.05, 0) is 16.4 Å². The molecule has 0 N–H and O–H groups in total. The molecule has 0 radical (unpaired) electrons. The predicted molar refractivity (Wildman–Crippen MR) is 97.7 cm³/mol. The number of rotatable bonds is 0. The standard InChI is InChI=1S/C21H38N/c1-18(2,3)15-13-14-22(21(10,11)12)17(20(7,8)9)16(15)19(4,5)6/h13-14H,1-12H3/q+1. The summed E-state index contributed by atoms with van der Waals surface area (Å²) < 4.78 is 2.49. The van der Waals surface area contributed by atoms with E-state index in [1.165, 1.54) is 16.8 Å². The first-order valence-electron chi connectivity index (χ1n) is 8.58. The quantitative estimate of drug-likeness (QED) is 0.548. The summed E-state index contributed by atoms with van der Waals surface area (Å²) >= 11 is 0. The van der Waals surface area contributed by atoms with E-state index in [4.69, 9.17) is 0 Å². The zero-order chi connectivity index (χ0) is 17.7. The van der Waals surface area contributed by atoms with Crippen LogP contribution in [0.1, 0.15) is 99.9 Å². The fourth-order valence-electron chi connectivity index (χ4n) is 3.23. The average Bonchev–Trinajstić information content (AvgIpc) is 2.22. The van der Waals surface area contributed by atoms with E-state index in [9.17, 15) is 0 Å². The van der Waals surface area contributed by atoms with Gasteiger partial charge in [0.25, 0.3) is 0 Å². The summed E-state index contributed by atoms with van der Waals surface area (Å²) in [6.07, 6.45) is 2.30. The van der Waals surface area contributed by atoms with Crippen molar-refractivity contribution in [2.75, 3.05) is 0 Å². The molecule has 0 spiro atoms. The van der Waals surface area contributed by atoms with Crippen molar-refractivity contribution in [2.45, 2.75) is 105 Å². The number of aromatic nitrogens is 1. The first kappa shape index (κ1) is 19.2. The van der Waals surface area contributed by atoms with E-state index in [0.29, 0.717) is 0 Å². The normalized spacial score (nSPS) is 14.4. The lowest BCUT2D eigenvalue weighted by Gasteiger charge is -2.35. The van der Waals surface area contributed by atoms with Gasteiger partial charge in [-0.25, -0.2) is 0 Å². The minimum absolute atomic E-state index is 0.0824. The van der Waals surface area contributed by atoms with Crippen LogP contribution in [0.25, 0.3) is 0 Å². The van der Waals surface area contributed by atoms with Gasteiger partial charge >= 0.3 is 0 Å². The summed E-state index contributed by atoms with van der Waals surface area (Å²) in [6.45, 7) is 27.9. The third kappa shape index (κ3) is 3.91. The SMILES string of the molecule is CC(C)(C)c1cc[n+](C(C)(C)C)c(C(C)(C)C)c1C(C)(C)C. The van der Waals surface area contributed by atoms with Crippen molar-refractivity contribution in [1.82, 2.24) is 0 Å². The van der Waals surface area contributed by atoms with Crippen molar-refractivity contribution in [2.24, 2.45) is 0 Å². The van der Waals surface area contributed by atoms with Gasteiger partial charge in [-0.2, -0.15) is 4.57 Å². The van der Waals surface area contributed by atoms with Gasteiger partial charge in [-0.15, -0.1) is 0 Å². The number of hydrogen-bond donors (Lipinski definition) is 0. The Hall–Kier alpha value is -0.850. The van der Waals surface area contributed by atoms with E-state index in [1.54, 1.807) is 0 Å². The van der Waals surface area contributed by atoms with Gasteiger partial charge in [0.2, 0.25) is 0 Å². The van der Waals surface area contributed by atoms with Crippen molar-refractivity contribution < 1.29 is 4.57 Å². The summed E-state index contributed by atoms with van der Waals surface area (Å²) in [5.41, 5.74) is 4.94. The Morgan fingerprint density at radius 2 is 1.09 bits per heavy atom. The minimum atomic E-state index is 0.0824. The van der Waals surface area contributed by atoms with E-state index in [2.05, 4.69) is 99.9 Å². The number of nitrogens with zero attached hydrogens (tertiary/aromatic N) is 1. The molecule has 0 fully saturated rings. The van der Waals surface area contributed by atoms with Crippen LogP contribution in [0.4, 0.5) is 0 Å². The molecule has 0 aliphatic carbocycles. The molecule has 0 atom stereocenters. The zero-order valence-corrected chi connectivity index (χ0v) is 17.1. The van der Waals surface area contributed by atoms with Gasteiger partial charge in [0, 0.05) is 37.8 Å². The van der Waals surface area contributed by atoms with E-state index in [0.717, 1.165) is 0 Å². The molecule has 126 valence electrons. The van der Waals surface area contributed by atoms with Crippen LogP contribution in [0, 0.1) is 0 Å². The molecule has 0 aromatic carbocycles. The first-order valence-corrected chi connectivity index (χ1v) is 8.58. The monoisotopic (exact) mass is 304 g/mol. The number of hydrogen-bond acceptors (Lipinski definition) is 0. The lowest BCUT2D eigenvalue weighted by atomic mass is 9.70. The third-order valence-corrected chi connectivity index (χ3v) is 4.13. The highest BCUT2D eigenvalue weighted by Crippen LogP contribution is 2.39. The van der Waals surface area contributed by atoms with Crippen LogP contribution in [-0.2, 0) is 21.8 Å². The largest absolute Gasteiger partial charge is 0.197 e. The molecule has 0 amide bonds. The molecule has 1 heteroatoms. The maximum Gasteiger partial charge on any atom is 0.191 e. The summed E-state index contributed by atoms with van der Waals surface area (Å²) in [5.74, 6) is 0. The molecule has 0 aliphatic rings. The highest BCUT2D eigenvalue weighted by atomic mass is 15.0. The molecule has 1 aromatic rings. The molecule has 1 nitrogen and oxygen atoms in total. The van der Waals surface area contributed by atoms with E-state index >= 15 is 0 Å². The van der Waals surface area contributed by atoms with Crippen LogP contribution < -0.4 is 4.57 Å². The summed E-state index contributed by atoms with van der Waals surface area (Å²) in [4.78, 5) is 0. The van der Waals surface area contributed by atoms with Crippen molar-refractivity contribution >= 4 is 0 Å². The third-order valence-electron chi connectivity index (χ3n) is 4.13. The van der Waals surface area contributed by atoms with Gasteiger partial charge in [0.1, 0.15) is 0 Å². The van der Waals surface area contributed by atoms with Crippen molar-refractivity contribution in [3.8, 4) is 0 Å². The van der Waals surface area contributed by atoms with Crippen LogP contribution in [0.2, 0.25) is 0 Å². The van der Waals surface area contributed by atoms with Gasteiger partial charge in [-0.1, -0.05) is 62.3 Å². The van der Waals surface area contributed by atoms with E-state index in [-0.39, 0.29) is 21.8 Å². The van der Waals surface area contributed by atoms with Crippen LogP contribution >= 0.6 is 0 Å². The fraction of sp³-hybridized carbons (Fsp3) is 0.762.